The van der Waals surface area contributed by atoms with Crippen molar-refractivity contribution in [2.24, 2.45) is 0 Å². The van der Waals surface area contributed by atoms with E-state index in [1.807, 2.05) is 36.4 Å². The molecule has 0 unspecified atom stereocenters. The summed E-state index contributed by atoms with van der Waals surface area (Å²) in [5, 5.41) is 10.3. The third-order valence-corrected chi connectivity index (χ3v) is 5.23. The smallest absolute Gasteiger partial charge is 0.482 e. The maximum Gasteiger partial charge on any atom is 0.528 e. The molecule has 0 fully saturated rings. The van der Waals surface area contributed by atoms with E-state index < -0.39 is 18.7 Å². The first-order chi connectivity index (χ1) is 16.0. The number of rotatable bonds is 7. The molecule has 4 rings (SSSR count). The van der Waals surface area contributed by atoms with Gasteiger partial charge in [0.1, 0.15) is 18.2 Å². The zero-order chi connectivity index (χ0) is 23.2. The maximum absolute atomic E-state index is 14.5. The van der Waals surface area contributed by atoms with Gasteiger partial charge in [-0.3, -0.25) is 0 Å². The van der Waals surface area contributed by atoms with E-state index in [1.54, 1.807) is 24.3 Å². The van der Waals surface area contributed by atoms with Crippen LogP contribution in [-0.2, 0) is 33.9 Å². The zero-order valence-electron chi connectivity index (χ0n) is 17.7. The summed E-state index contributed by atoms with van der Waals surface area (Å²) in [6.07, 6.45) is -0.472. The number of carbonyl (C=O) groups excluding carboxylic acids is 1. The Morgan fingerprint density at radius 1 is 1.00 bits per heavy atom. The van der Waals surface area contributed by atoms with Gasteiger partial charge in [-0.2, -0.15) is 0 Å². The second-order valence-corrected chi connectivity index (χ2v) is 7.49. The van der Waals surface area contributed by atoms with Gasteiger partial charge in [0.05, 0.1) is 6.54 Å². The van der Waals surface area contributed by atoms with Crippen LogP contribution in [0.4, 0.5) is 9.18 Å². The van der Waals surface area contributed by atoms with Gasteiger partial charge in [-0.25, -0.2) is 14.0 Å². The first-order valence-electron chi connectivity index (χ1n) is 10.4. The lowest BCUT2D eigenvalue weighted by Gasteiger charge is -2.29. The van der Waals surface area contributed by atoms with Crippen LogP contribution in [0.5, 0.6) is 5.75 Å². The van der Waals surface area contributed by atoms with Crippen LogP contribution >= 0.6 is 0 Å². The minimum Gasteiger partial charge on any atom is -0.482 e. The average Bonchev–Trinajstić information content (AvgIpc) is 2.82. The molecule has 1 N–H and O–H groups in total. The molecule has 1 aliphatic rings. The molecule has 0 spiro atoms. The number of aliphatic carboxylic acids is 1. The fraction of sp³-hybridized carbons (Fsp3) is 0.200. The topological polar surface area (TPSA) is 85.3 Å². The largest absolute Gasteiger partial charge is 0.528 e. The van der Waals surface area contributed by atoms with Gasteiger partial charge >= 0.3 is 12.1 Å². The second kappa shape index (κ2) is 10.1. The molecule has 0 atom stereocenters. The summed E-state index contributed by atoms with van der Waals surface area (Å²) < 4.78 is 25.0. The highest BCUT2D eigenvalue weighted by molar-refractivity contribution is 5.71. The molecule has 3 aromatic rings. The van der Waals surface area contributed by atoms with Crippen molar-refractivity contribution in [2.75, 3.05) is 13.2 Å². The SMILES string of the molecule is O=C(O)COc1cccc(-c2ccc(F)c3c2CN(OC(=O)OCc2ccccc2)CC3)c1. The zero-order valence-corrected chi connectivity index (χ0v) is 17.7. The van der Waals surface area contributed by atoms with Crippen molar-refractivity contribution in [1.29, 1.82) is 0 Å². The third-order valence-electron chi connectivity index (χ3n) is 5.23. The summed E-state index contributed by atoms with van der Waals surface area (Å²) in [6.45, 7) is 0.142. The molecule has 1 aliphatic heterocycles. The quantitative estimate of drug-likeness (QED) is 0.526. The van der Waals surface area contributed by atoms with Crippen molar-refractivity contribution in [2.45, 2.75) is 19.6 Å². The summed E-state index contributed by atoms with van der Waals surface area (Å²) in [7, 11) is 0. The molecule has 0 aliphatic carbocycles. The lowest BCUT2D eigenvalue weighted by atomic mass is 9.91. The van der Waals surface area contributed by atoms with Gasteiger partial charge in [0.25, 0.3) is 0 Å². The van der Waals surface area contributed by atoms with Crippen molar-refractivity contribution in [3.8, 4) is 16.9 Å². The Kier molecular flexibility index (Phi) is 6.85. The Hall–Kier alpha value is -3.91. The molecule has 3 aromatic carbocycles. The summed E-state index contributed by atoms with van der Waals surface area (Å²) in [5.74, 6) is -1.01. The van der Waals surface area contributed by atoms with Crippen molar-refractivity contribution in [3.63, 3.8) is 0 Å². The number of hydroxylamine groups is 2. The van der Waals surface area contributed by atoms with E-state index in [1.165, 1.54) is 11.1 Å². The Bertz CT molecular complexity index is 1150. The van der Waals surface area contributed by atoms with Crippen molar-refractivity contribution >= 4 is 12.1 Å². The van der Waals surface area contributed by atoms with Gasteiger partial charge in [0.2, 0.25) is 0 Å². The van der Waals surface area contributed by atoms with Gasteiger partial charge < -0.3 is 19.4 Å². The van der Waals surface area contributed by atoms with Crippen LogP contribution in [0.25, 0.3) is 11.1 Å². The second-order valence-electron chi connectivity index (χ2n) is 7.49. The lowest BCUT2D eigenvalue weighted by Crippen LogP contribution is -2.34. The molecule has 33 heavy (non-hydrogen) atoms. The minimum absolute atomic E-state index is 0.0904. The van der Waals surface area contributed by atoms with E-state index in [4.69, 9.17) is 19.4 Å². The fourth-order valence-electron chi connectivity index (χ4n) is 3.70. The molecule has 0 saturated carbocycles. The van der Waals surface area contributed by atoms with Gasteiger partial charge in [0, 0.05) is 6.54 Å². The predicted molar refractivity (Wildman–Crippen MR) is 117 cm³/mol. The Balaban J connectivity index is 1.49. The summed E-state index contributed by atoms with van der Waals surface area (Å²) >= 11 is 0. The van der Waals surface area contributed by atoms with Crippen LogP contribution in [0.15, 0.2) is 66.7 Å². The van der Waals surface area contributed by atoms with Crippen LogP contribution in [0.2, 0.25) is 0 Å². The van der Waals surface area contributed by atoms with Gasteiger partial charge in [-0.1, -0.05) is 48.5 Å². The van der Waals surface area contributed by atoms with E-state index in [0.717, 1.165) is 16.7 Å². The Morgan fingerprint density at radius 2 is 1.82 bits per heavy atom. The van der Waals surface area contributed by atoms with Gasteiger partial charge in [-0.15, -0.1) is 5.06 Å². The van der Waals surface area contributed by atoms with Gasteiger partial charge in [-0.05, 0) is 52.4 Å². The number of ether oxygens (including phenoxy) is 2. The average molecular weight is 451 g/mol. The molecular formula is C25H22FNO6. The molecule has 170 valence electrons. The number of halogens is 1. The number of hydrogen-bond acceptors (Lipinski definition) is 6. The number of benzene rings is 3. The molecule has 8 heteroatoms. The molecule has 0 bridgehead atoms. The number of carbonyl (C=O) groups is 2. The van der Waals surface area contributed by atoms with E-state index >= 15 is 0 Å². The van der Waals surface area contributed by atoms with Crippen molar-refractivity contribution in [1.82, 2.24) is 5.06 Å². The predicted octanol–water partition coefficient (Wildman–Crippen LogP) is 4.58. The maximum atomic E-state index is 14.5. The van der Waals surface area contributed by atoms with Crippen LogP contribution in [0.1, 0.15) is 16.7 Å². The normalized spacial score (nSPS) is 13.1. The third kappa shape index (κ3) is 5.67. The monoisotopic (exact) mass is 451 g/mol. The highest BCUT2D eigenvalue weighted by Crippen LogP contribution is 2.33. The van der Waals surface area contributed by atoms with Gasteiger partial charge in [0.15, 0.2) is 6.61 Å². The number of fused-ring (bicyclic) bond motifs is 1. The molecule has 0 aromatic heterocycles. The Labute approximate surface area is 189 Å². The lowest BCUT2D eigenvalue weighted by molar-refractivity contribution is -0.139. The van der Waals surface area contributed by atoms with E-state index in [9.17, 15) is 14.0 Å². The van der Waals surface area contributed by atoms with Crippen LogP contribution in [-0.4, -0.2) is 35.4 Å². The molecule has 1 heterocycles. The Morgan fingerprint density at radius 3 is 2.61 bits per heavy atom. The standard InChI is InChI=1S/C25H22FNO6/c26-23-10-9-20(18-7-4-8-19(13-18)31-16-24(28)29)22-14-27(12-11-21(22)23)33-25(30)32-15-17-5-2-1-3-6-17/h1-10,13H,11-12,14-16H2,(H,28,29). The molecule has 0 saturated heterocycles. The highest BCUT2D eigenvalue weighted by atomic mass is 19.1. The summed E-state index contributed by atoms with van der Waals surface area (Å²) in [4.78, 5) is 28.3. The molecule has 0 radical (unpaired) electrons. The molecular weight excluding hydrogens is 429 g/mol. The number of hydrogen-bond donors (Lipinski definition) is 1. The van der Waals surface area contributed by atoms with Crippen LogP contribution in [0.3, 0.4) is 0 Å². The van der Waals surface area contributed by atoms with E-state index in [2.05, 4.69) is 0 Å². The number of carboxylic acid groups (broad SMARTS) is 1. The fourth-order valence-corrected chi connectivity index (χ4v) is 3.70. The highest BCUT2D eigenvalue weighted by Gasteiger charge is 2.25. The van der Waals surface area contributed by atoms with Crippen LogP contribution < -0.4 is 4.74 Å². The van der Waals surface area contributed by atoms with Crippen LogP contribution in [0, 0.1) is 5.82 Å². The van der Waals surface area contributed by atoms with Crippen molar-refractivity contribution in [3.05, 3.63) is 89.2 Å². The number of carboxylic acids is 1. The first kappa shape index (κ1) is 22.3. The molecule has 0 amide bonds. The van der Waals surface area contributed by atoms with E-state index in [0.29, 0.717) is 29.8 Å². The summed E-state index contributed by atoms with van der Waals surface area (Å²) in [5.41, 5.74) is 3.57. The number of nitrogens with zero attached hydrogens (tertiary/aromatic N) is 1. The first-order valence-corrected chi connectivity index (χ1v) is 10.4. The van der Waals surface area contributed by atoms with E-state index in [-0.39, 0.29) is 19.0 Å². The summed E-state index contributed by atoms with van der Waals surface area (Å²) in [6, 6.07) is 19.2. The molecule has 7 nitrogen and oxygen atoms in total. The van der Waals surface area contributed by atoms with Crippen molar-refractivity contribution < 1.29 is 33.4 Å². The minimum atomic E-state index is -1.08.